The summed E-state index contributed by atoms with van der Waals surface area (Å²) >= 11 is 6.07. The first-order valence-corrected chi connectivity index (χ1v) is 11.3. The number of ether oxygens (including phenoxy) is 1. The molecule has 180 valence electrons. The van der Waals surface area contributed by atoms with Gasteiger partial charge < -0.3 is 25.0 Å². The number of rotatable bonds is 5. The highest BCUT2D eigenvalue weighted by atomic mass is 35.5. The summed E-state index contributed by atoms with van der Waals surface area (Å²) in [6, 6.07) is 11.1. The maximum atomic E-state index is 13.9. The number of halogens is 2. The molecule has 2 aliphatic rings. The number of hydrogen-bond donors (Lipinski definition) is 2. The predicted octanol–water partition coefficient (Wildman–Crippen LogP) is 2.89. The number of β-lactam (4-membered cyclic amide) rings is 1. The van der Waals surface area contributed by atoms with Crippen molar-refractivity contribution in [2.24, 2.45) is 5.41 Å². The third-order valence-corrected chi connectivity index (χ3v) is 6.86. The van der Waals surface area contributed by atoms with Crippen molar-refractivity contribution in [3.05, 3.63) is 64.9 Å². The Morgan fingerprint density at radius 3 is 2.50 bits per heavy atom. The van der Waals surface area contributed by atoms with Crippen molar-refractivity contribution in [3.63, 3.8) is 0 Å². The molecule has 0 radical (unpaired) electrons. The maximum absolute atomic E-state index is 13.9. The lowest BCUT2D eigenvalue weighted by atomic mass is 9.62. The average Bonchev–Trinajstić information content (AvgIpc) is 2.85. The number of carbonyl (C=O) groups is 3. The Balaban J connectivity index is 1.55. The fourth-order valence-corrected chi connectivity index (χ4v) is 4.94. The summed E-state index contributed by atoms with van der Waals surface area (Å²) in [5.41, 5.74) is 0.590. The van der Waals surface area contributed by atoms with Crippen molar-refractivity contribution >= 4 is 35.2 Å². The molecule has 0 aromatic heterocycles. The Bertz CT molecular complexity index is 1090. The van der Waals surface area contributed by atoms with Crippen LogP contribution in [-0.2, 0) is 14.3 Å². The molecule has 2 aliphatic heterocycles. The molecule has 2 saturated heterocycles. The van der Waals surface area contributed by atoms with E-state index in [0.29, 0.717) is 23.6 Å². The van der Waals surface area contributed by atoms with Crippen LogP contribution in [0.1, 0.15) is 24.4 Å². The number of anilines is 1. The third-order valence-electron chi connectivity index (χ3n) is 6.61. The van der Waals surface area contributed by atoms with Crippen LogP contribution >= 0.6 is 11.6 Å². The Kier molecular flexibility index (Phi) is 6.77. The molecule has 0 saturated carbocycles. The number of nitrogens with one attached hydrogen (secondary N) is 1. The molecule has 2 heterocycles. The highest BCUT2D eigenvalue weighted by Gasteiger charge is 2.62. The Labute approximate surface area is 201 Å². The van der Waals surface area contributed by atoms with Crippen molar-refractivity contribution in [2.45, 2.75) is 24.9 Å². The molecular formula is C24H25ClFN3O5. The summed E-state index contributed by atoms with van der Waals surface area (Å²) in [5, 5.41) is 12.4. The average molecular weight is 490 g/mol. The summed E-state index contributed by atoms with van der Waals surface area (Å²) < 4.78 is 18.5. The first-order chi connectivity index (χ1) is 16.3. The van der Waals surface area contributed by atoms with Crippen LogP contribution in [0.4, 0.5) is 14.9 Å². The monoisotopic (exact) mass is 489 g/mol. The van der Waals surface area contributed by atoms with E-state index >= 15 is 0 Å². The number of aliphatic hydroxyl groups excluding tert-OH is 1. The number of urea groups is 1. The van der Waals surface area contributed by atoms with Crippen molar-refractivity contribution in [2.75, 3.05) is 31.7 Å². The van der Waals surface area contributed by atoms with Gasteiger partial charge in [-0.1, -0.05) is 29.8 Å². The molecule has 2 N–H and O–H groups in total. The molecule has 8 nitrogen and oxygen atoms in total. The molecular weight excluding hydrogens is 465 g/mol. The van der Waals surface area contributed by atoms with Crippen molar-refractivity contribution in [1.82, 2.24) is 10.2 Å². The number of esters is 1. The van der Waals surface area contributed by atoms with Crippen LogP contribution in [0, 0.1) is 11.2 Å². The van der Waals surface area contributed by atoms with E-state index in [2.05, 4.69) is 10.1 Å². The molecule has 2 aromatic carbocycles. The van der Waals surface area contributed by atoms with Gasteiger partial charge in [0.2, 0.25) is 5.91 Å². The SMILES string of the molecule is COC(=O)[C@@H](CO)NC(=O)N1CCC2(CC1)C(=O)N(c1cccc(F)c1)C2c1ccc(Cl)cc1. The highest BCUT2D eigenvalue weighted by molar-refractivity contribution is 6.30. The molecule has 1 unspecified atom stereocenters. The standard InChI is InChI=1S/C24H25ClFN3O5/c1-34-21(31)19(14-30)27-23(33)28-11-9-24(10-12-28)20(15-5-7-16(25)8-6-15)29(22(24)32)18-4-2-3-17(26)13-18/h2-8,13,19-20,30H,9-12,14H2,1H3,(H,27,33)/t19-,20?/m1/s1. The van der Waals surface area contributed by atoms with Gasteiger partial charge in [-0.15, -0.1) is 0 Å². The highest BCUT2D eigenvalue weighted by Crippen LogP contribution is 2.57. The third kappa shape index (κ3) is 4.21. The van der Waals surface area contributed by atoms with Crippen LogP contribution in [0.2, 0.25) is 5.02 Å². The summed E-state index contributed by atoms with van der Waals surface area (Å²) in [6.45, 7) is -0.0359. The number of benzene rings is 2. The number of aliphatic hydroxyl groups is 1. The quantitative estimate of drug-likeness (QED) is 0.497. The van der Waals surface area contributed by atoms with Crippen LogP contribution < -0.4 is 10.2 Å². The zero-order chi connectivity index (χ0) is 24.5. The van der Waals surface area contributed by atoms with Gasteiger partial charge in [0.05, 0.1) is 25.2 Å². The number of carbonyl (C=O) groups excluding carboxylic acids is 3. The van der Waals surface area contributed by atoms with E-state index < -0.39 is 35.9 Å². The summed E-state index contributed by atoms with van der Waals surface area (Å²) in [6.07, 6.45) is 0.779. The number of methoxy groups -OCH3 is 1. The Morgan fingerprint density at radius 2 is 1.91 bits per heavy atom. The lowest BCUT2D eigenvalue weighted by Crippen LogP contribution is -2.67. The maximum Gasteiger partial charge on any atom is 0.330 e. The van der Waals surface area contributed by atoms with Crippen molar-refractivity contribution < 1.29 is 28.6 Å². The van der Waals surface area contributed by atoms with E-state index in [0.717, 1.165) is 5.56 Å². The van der Waals surface area contributed by atoms with Gasteiger partial charge in [-0.25, -0.2) is 14.0 Å². The first kappa shape index (κ1) is 24.0. The molecule has 2 atom stereocenters. The number of nitrogens with zero attached hydrogens (tertiary/aromatic N) is 2. The lowest BCUT2D eigenvalue weighted by molar-refractivity contribution is -0.144. The van der Waals surface area contributed by atoms with E-state index in [9.17, 15) is 23.9 Å². The molecule has 3 amide bonds. The van der Waals surface area contributed by atoms with Crippen LogP contribution in [0.15, 0.2) is 48.5 Å². The second-order valence-electron chi connectivity index (χ2n) is 8.46. The minimum absolute atomic E-state index is 0.124. The fourth-order valence-electron chi connectivity index (χ4n) is 4.82. The molecule has 34 heavy (non-hydrogen) atoms. The van der Waals surface area contributed by atoms with Crippen LogP contribution in [0.5, 0.6) is 0 Å². The molecule has 10 heteroatoms. The number of amides is 3. The zero-order valence-corrected chi connectivity index (χ0v) is 19.3. The van der Waals surface area contributed by atoms with Gasteiger partial charge in [0, 0.05) is 23.8 Å². The second-order valence-corrected chi connectivity index (χ2v) is 8.90. The normalized spacial score (nSPS) is 20.0. The zero-order valence-electron chi connectivity index (χ0n) is 18.5. The molecule has 2 aromatic rings. The van der Waals surface area contributed by atoms with Gasteiger partial charge >= 0.3 is 12.0 Å². The Morgan fingerprint density at radius 1 is 1.24 bits per heavy atom. The number of hydrogen-bond acceptors (Lipinski definition) is 5. The van der Waals surface area contributed by atoms with E-state index in [1.165, 1.54) is 24.1 Å². The van der Waals surface area contributed by atoms with E-state index in [1.54, 1.807) is 29.2 Å². The molecule has 2 fully saturated rings. The van der Waals surface area contributed by atoms with Crippen LogP contribution in [0.25, 0.3) is 0 Å². The summed E-state index contributed by atoms with van der Waals surface area (Å²) in [5.74, 6) is -1.30. The summed E-state index contributed by atoms with van der Waals surface area (Å²) in [4.78, 5) is 40.9. The Hall–Kier alpha value is -3.17. The minimum Gasteiger partial charge on any atom is -0.467 e. The van der Waals surface area contributed by atoms with E-state index in [1.807, 2.05) is 12.1 Å². The first-order valence-electron chi connectivity index (χ1n) is 10.9. The molecule has 0 bridgehead atoms. The van der Waals surface area contributed by atoms with E-state index in [-0.39, 0.29) is 25.0 Å². The van der Waals surface area contributed by atoms with Crippen LogP contribution in [0.3, 0.4) is 0 Å². The fraction of sp³-hybridized carbons (Fsp3) is 0.375. The second kappa shape index (κ2) is 9.60. The molecule has 4 rings (SSSR count). The van der Waals surface area contributed by atoms with E-state index in [4.69, 9.17) is 11.6 Å². The van der Waals surface area contributed by atoms with Gasteiger partial charge in [0.15, 0.2) is 6.04 Å². The number of piperidine rings is 1. The molecule has 0 aliphatic carbocycles. The minimum atomic E-state index is -1.16. The molecule has 1 spiro atoms. The van der Waals surface area contributed by atoms with Gasteiger partial charge in [-0.2, -0.15) is 0 Å². The summed E-state index contributed by atoms with van der Waals surface area (Å²) in [7, 11) is 1.17. The van der Waals surface area contributed by atoms with Gasteiger partial charge in [0.25, 0.3) is 0 Å². The smallest absolute Gasteiger partial charge is 0.330 e. The van der Waals surface area contributed by atoms with Gasteiger partial charge in [-0.05, 0) is 48.7 Å². The largest absolute Gasteiger partial charge is 0.467 e. The van der Waals surface area contributed by atoms with Gasteiger partial charge in [0.1, 0.15) is 5.82 Å². The van der Waals surface area contributed by atoms with Gasteiger partial charge in [-0.3, -0.25) is 4.79 Å². The predicted molar refractivity (Wildman–Crippen MR) is 123 cm³/mol. The van der Waals surface area contributed by atoms with Crippen molar-refractivity contribution in [1.29, 1.82) is 0 Å². The topological polar surface area (TPSA) is 99.2 Å². The van der Waals surface area contributed by atoms with Crippen LogP contribution in [-0.4, -0.2) is 60.8 Å². The number of likely N-dealkylation sites (tertiary alicyclic amines) is 1. The van der Waals surface area contributed by atoms with Crippen molar-refractivity contribution in [3.8, 4) is 0 Å². The lowest BCUT2D eigenvalue weighted by Gasteiger charge is -2.59.